The van der Waals surface area contributed by atoms with E-state index in [1.54, 1.807) is 19.4 Å². The Bertz CT molecular complexity index is 549. The second-order valence-corrected chi connectivity index (χ2v) is 3.81. The van der Waals surface area contributed by atoms with Crippen LogP contribution in [0.4, 0.5) is 0 Å². The third-order valence-corrected chi connectivity index (χ3v) is 2.58. The van der Waals surface area contributed by atoms with Crippen molar-refractivity contribution in [1.29, 1.82) is 0 Å². The molecular formula is C14H13NO3. The Kier molecular flexibility index (Phi) is 3.57. The number of pyridine rings is 1. The first-order chi connectivity index (χ1) is 8.70. The molecule has 1 heterocycles. The van der Waals surface area contributed by atoms with Crippen molar-refractivity contribution in [2.24, 2.45) is 0 Å². The minimum Gasteiger partial charge on any atom is -0.496 e. The number of benzene rings is 1. The lowest BCUT2D eigenvalue weighted by atomic mass is 10.1. The van der Waals surface area contributed by atoms with Gasteiger partial charge in [0.25, 0.3) is 0 Å². The number of carboxylic acid groups (broad SMARTS) is 1. The number of carbonyl (C=O) groups is 1. The van der Waals surface area contributed by atoms with Crippen LogP contribution in [0.5, 0.6) is 5.75 Å². The van der Waals surface area contributed by atoms with Crippen molar-refractivity contribution in [2.75, 3.05) is 7.11 Å². The van der Waals surface area contributed by atoms with E-state index >= 15 is 0 Å². The van der Waals surface area contributed by atoms with Crippen molar-refractivity contribution >= 4 is 5.97 Å². The highest BCUT2D eigenvalue weighted by molar-refractivity contribution is 5.71. The summed E-state index contributed by atoms with van der Waals surface area (Å²) < 4.78 is 5.27. The van der Waals surface area contributed by atoms with Gasteiger partial charge in [-0.25, -0.2) is 0 Å². The van der Waals surface area contributed by atoms with Crippen LogP contribution in [-0.4, -0.2) is 23.2 Å². The summed E-state index contributed by atoms with van der Waals surface area (Å²) in [6.45, 7) is 0. The zero-order valence-corrected chi connectivity index (χ0v) is 9.96. The molecule has 0 fully saturated rings. The summed E-state index contributed by atoms with van der Waals surface area (Å²) in [6.07, 6.45) is 1.60. The highest BCUT2D eigenvalue weighted by Crippen LogP contribution is 2.28. The smallest absolute Gasteiger partial charge is 0.309 e. The Hall–Kier alpha value is -2.36. The van der Waals surface area contributed by atoms with Crippen LogP contribution in [0.1, 0.15) is 5.69 Å². The topological polar surface area (TPSA) is 59.4 Å². The van der Waals surface area contributed by atoms with Gasteiger partial charge in [0.05, 0.1) is 19.2 Å². The van der Waals surface area contributed by atoms with Gasteiger partial charge in [0.2, 0.25) is 0 Å². The fraction of sp³-hybridized carbons (Fsp3) is 0.143. The monoisotopic (exact) mass is 243 g/mol. The van der Waals surface area contributed by atoms with Crippen molar-refractivity contribution in [1.82, 2.24) is 4.98 Å². The van der Waals surface area contributed by atoms with Crippen LogP contribution >= 0.6 is 0 Å². The number of carboxylic acids is 1. The number of methoxy groups -OCH3 is 1. The van der Waals surface area contributed by atoms with Gasteiger partial charge in [0.15, 0.2) is 0 Å². The van der Waals surface area contributed by atoms with E-state index in [9.17, 15) is 4.79 Å². The lowest BCUT2D eigenvalue weighted by molar-refractivity contribution is -0.136. The molecule has 0 radical (unpaired) electrons. The average Bonchev–Trinajstić information content (AvgIpc) is 2.39. The Morgan fingerprint density at radius 2 is 2.06 bits per heavy atom. The number of hydrogen-bond acceptors (Lipinski definition) is 3. The van der Waals surface area contributed by atoms with E-state index in [-0.39, 0.29) is 6.42 Å². The normalized spacial score (nSPS) is 10.1. The van der Waals surface area contributed by atoms with E-state index in [1.165, 1.54) is 0 Å². The van der Waals surface area contributed by atoms with Crippen molar-refractivity contribution in [3.8, 4) is 16.9 Å². The molecule has 4 heteroatoms. The molecule has 2 aromatic rings. The fourth-order valence-electron chi connectivity index (χ4n) is 1.73. The van der Waals surface area contributed by atoms with Gasteiger partial charge >= 0.3 is 5.97 Å². The molecule has 0 saturated carbocycles. The van der Waals surface area contributed by atoms with E-state index in [2.05, 4.69) is 4.98 Å². The first-order valence-electron chi connectivity index (χ1n) is 5.51. The van der Waals surface area contributed by atoms with E-state index in [1.807, 2.05) is 30.3 Å². The predicted octanol–water partition coefficient (Wildman–Crippen LogP) is 2.38. The average molecular weight is 243 g/mol. The van der Waals surface area contributed by atoms with Crippen molar-refractivity contribution in [2.45, 2.75) is 6.42 Å². The molecule has 0 unspecified atom stereocenters. The maximum absolute atomic E-state index is 10.6. The van der Waals surface area contributed by atoms with Crippen LogP contribution in [0.25, 0.3) is 11.1 Å². The minimum absolute atomic E-state index is 0.0633. The summed E-state index contributed by atoms with van der Waals surface area (Å²) in [5.41, 5.74) is 2.39. The molecule has 1 N–H and O–H groups in total. The van der Waals surface area contributed by atoms with Crippen LogP contribution in [0, 0.1) is 0 Å². The Morgan fingerprint density at radius 1 is 1.28 bits per heavy atom. The number of aromatic nitrogens is 1. The Labute approximate surface area is 105 Å². The molecule has 0 aliphatic carbocycles. The summed E-state index contributed by atoms with van der Waals surface area (Å²) in [6, 6.07) is 11.2. The zero-order chi connectivity index (χ0) is 13.0. The predicted molar refractivity (Wildman–Crippen MR) is 67.6 cm³/mol. The lowest BCUT2D eigenvalue weighted by Crippen LogP contribution is -2.01. The van der Waals surface area contributed by atoms with Gasteiger partial charge in [-0.15, -0.1) is 0 Å². The van der Waals surface area contributed by atoms with E-state index in [4.69, 9.17) is 9.84 Å². The summed E-state index contributed by atoms with van der Waals surface area (Å²) in [5.74, 6) is -0.113. The molecule has 0 amide bonds. The minimum atomic E-state index is -0.882. The van der Waals surface area contributed by atoms with Crippen LogP contribution in [0.15, 0.2) is 42.6 Å². The van der Waals surface area contributed by atoms with Crippen LogP contribution < -0.4 is 4.74 Å². The van der Waals surface area contributed by atoms with Gasteiger partial charge in [-0.05, 0) is 12.1 Å². The summed E-state index contributed by atoms with van der Waals surface area (Å²) in [5, 5.41) is 8.68. The zero-order valence-electron chi connectivity index (χ0n) is 9.96. The Balaban J connectivity index is 2.31. The molecule has 0 spiro atoms. The van der Waals surface area contributed by atoms with Gasteiger partial charge in [-0.3, -0.25) is 9.78 Å². The molecule has 0 aliphatic heterocycles. The molecule has 2 rings (SSSR count). The molecule has 0 atom stereocenters. The molecular weight excluding hydrogens is 230 g/mol. The second kappa shape index (κ2) is 5.31. The molecule has 1 aromatic carbocycles. The van der Waals surface area contributed by atoms with Gasteiger partial charge in [0, 0.05) is 17.3 Å². The lowest BCUT2D eigenvalue weighted by Gasteiger charge is -2.08. The summed E-state index contributed by atoms with van der Waals surface area (Å²) in [7, 11) is 1.62. The van der Waals surface area contributed by atoms with E-state index in [0.717, 1.165) is 16.9 Å². The largest absolute Gasteiger partial charge is 0.496 e. The second-order valence-electron chi connectivity index (χ2n) is 3.81. The molecule has 0 saturated heterocycles. The van der Waals surface area contributed by atoms with E-state index < -0.39 is 5.97 Å². The first kappa shape index (κ1) is 12.1. The Morgan fingerprint density at radius 3 is 2.67 bits per heavy atom. The van der Waals surface area contributed by atoms with E-state index in [0.29, 0.717) is 5.69 Å². The van der Waals surface area contributed by atoms with Gasteiger partial charge in [-0.2, -0.15) is 0 Å². The number of rotatable bonds is 4. The molecule has 0 bridgehead atoms. The van der Waals surface area contributed by atoms with Crippen LogP contribution in [0.2, 0.25) is 0 Å². The maximum Gasteiger partial charge on any atom is 0.309 e. The molecule has 1 aromatic heterocycles. The quantitative estimate of drug-likeness (QED) is 0.895. The maximum atomic E-state index is 10.6. The number of para-hydroxylation sites is 1. The number of hydrogen-bond donors (Lipinski definition) is 1. The van der Waals surface area contributed by atoms with Crippen molar-refractivity contribution < 1.29 is 14.6 Å². The molecule has 92 valence electrons. The number of nitrogens with zero attached hydrogens (tertiary/aromatic N) is 1. The van der Waals surface area contributed by atoms with Crippen molar-refractivity contribution in [3.05, 3.63) is 48.3 Å². The van der Waals surface area contributed by atoms with Gasteiger partial charge in [0.1, 0.15) is 5.75 Å². The SMILES string of the molecule is COc1ccccc1-c1ccc(CC(=O)O)nc1. The highest BCUT2D eigenvalue weighted by atomic mass is 16.5. The fourth-order valence-corrected chi connectivity index (χ4v) is 1.73. The summed E-state index contributed by atoms with van der Waals surface area (Å²) >= 11 is 0. The van der Waals surface area contributed by atoms with Crippen LogP contribution in [-0.2, 0) is 11.2 Å². The molecule has 4 nitrogen and oxygen atoms in total. The van der Waals surface area contributed by atoms with Gasteiger partial charge < -0.3 is 9.84 Å². The highest BCUT2D eigenvalue weighted by Gasteiger charge is 2.06. The molecule has 0 aliphatic rings. The van der Waals surface area contributed by atoms with Gasteiger partial charge in [-0.1, -0.05) is 24.3 Å². The van der Waals surface area contributed by atoms with Crippen LogP contribution in [0.3, 0.4) is 0 Å². The third kappa shape index (κ3) is 2.66. The molecule has 18 heavy (non-hydrogen) atoms. The standard InChI is InChI=1S/C14H13NO3/c1-18-13-5-3-2-4-12(13)10-6-7-11(15-9-10)8-14(16)17/h2-7,9H,8H2,1H3,(H,16,17). The first-order valence-corrected chi connectivity index (χ1v) is 5.51. The number of ether oxygens (including phenoxy) is 1. The third-order valence-electron chi connectivity index (χ3n) is 2.58. The summed E-state index contributed by atoms with van der Waals surface area (Å²) in [4.78, 5) is 14.7. The van der Waals surface area contributed by atoms with Crippen molar-refractivity contribution in [3.63, 3.8) is 0 Å². The number of aliphatic carboxylic acids is 1.